The summed E-state index contributed by atoms with van der Waals surface area (Å²) in [6.07, 6.45) is 2.51. The van der Waals surface area contributed by atoms with Gasteiger partial charge in [-0.3, -0.25) is 9.89 Å². The van der Waals surface area contributed by atoms with Crippen molar-refractivity contribution in [2.24, 2.45) is 4.99 Å². The number of halogens is 1. The molecule has 1 aromatic carbocycles. The average Bonchev–Trinajstić information content (AvgIpc) is 3.28. The molecule has 7 heteroatoms. The molecule has 0 radical (unpaired) electrons. The average molecular weight is 406 g/mol. The van der Waals surface area contributed by atoms with Gasteiger partial charge in [-0.2, -0.15) is 0 Å². The van der Waals surface area contributed by atoms with Crippen LogP contribution in [-0.2, 0) is 6.54 Å². The Hall–Kier alpha value is -1.63. The van der Waals surface area contributed by atoms with Crippen LogP contribution in [0.2, 0.25) is 5.02 Å². The van der Waals surface area contributed by atoms with E-state index in [1.165, 1.54) is 23.3 Å². The van der Waals surface area contributed by atoms with E-state index in [1.54, 1.807) is 18.4 Å². The highest BCUT2D eigenvalue weighted by atomic mass is 35.5. The summed E-state index contributed by atoms with van der Waals surface area (Å²) >= 11 is 7.97. The van der Waals surface area contributed by atoms with E-state index in [9.17, 15) is 0 Å². The molecule has 3 rings (SSSR count). The van der Waals surface area contributed by atoms with Gasteiger partial charge in [0.25, 0.3) is 0 Å². The second-order valence-corrected chi connectivity index (χ2v) is 8.59. The minimum absolute atomic E-state index is 0.286. The van der Waals surface area contributed by atoms with Crippen molar-refractivity contribution in [3.05, 3.63) is 50.4 Å². The summed E-state index contributed by atoms with van der Waals surface area (Å²) in [5.41, 5.74) is 2.35. The molecule has 1 aliphatic rings. The fourth-order valence-corrected chi connectivity index (χ4v) is 4.49. The number of aryl methyl sites for hydroxylation is 2. The lowest BCUT2D eigenvalue weighted by atomic mass is 10.1. The second-order valence-electron chi connectivity index (χ2n) is 6.87. The molecule has 1 aliphatic heterocycles. The Bertz CT molecular complexity index is 763. The van der Waals surface area contributed by atoms with E-state index in [2.05, 4.69) is 44.6 Å². The highest BCUT2D eigenvalue weighted by molar-refractivity contribution is 7.11. The molecule has 5 nitrogen and oxygen atoms in total. The van der Waals surface area contributed by atoms with Gasteiger partial charge in [0.15, 0.2) is 5.96 Å². The van der Waals surface area contributed by atoms with Gasteiger partial charge in [0.05, 0.1) is 18.3 Å². The first-order valence-electron chi connectivity index (χ1n) is 9.43. The lowest BCUT2D eigenvalue weighted by Gasteiger charge is -2.29. The first kappa shape index (κ1) is 20.1. The van der Waals surface area contributed by atoms with Crippen LogP contribution in [0.1, 0.15) is 40.0 Å². The lowest BCUT2D eigenvalue weighted by Crippen LogP contribution is -2.42. The number of nitrogens with one attached hydrogen (secondary N) is 2. The third kappa shape index (κ3) is 5.43. The summed E-state index contributed by atoms with van der Waals surface area (Å²) in [5, 5.41) is 8.73. The van der Waals surface area contributed by atoms with E-state index >= 15 is 0 Å². The molecule has 1 aromatic heterocycles. The van der Waals surface area contributed by atoms with Gasteiger partial charge in [0.2, 0.25) is 0 Å². The SMILES string of the molecule is CN=C(NCc1nc(C)c(C)s1)NCC(c1cccc(Cl)c1)N1CCCC1. The molecule has 2 N–H and O–H groups in total. The van der Waals surface area contributed by atoms with Crippen molar-refractivity contribution >= 4 is 28.9 Å². The highest BCUT2D eigenvalue weighted by Gasteiger charge is 2.23. The largest absolute Gasteiger partial charge is 0.354 e. The maximum Gasteiger partial charge on any atom is 0.191 e. The van der Waals surface area contributed by atoms with Crippen LogP contribution in [0.25, 0.3) is 0 Å². The molecule has 2 aromatic rings. The number of aromatic nitrogens is 1. The van der Waals surface area contributed by atoms with Crippen molar-refractivity contribution in [3.63, 3.8) is 0 Å². The van der Waals surface area contributed by atoms with Gasteiger partial charge in [-0.25, -0.2) is 4.98 Å². The Balaban J connectivity index is 1.62. The second kappa shape index (κ2) is 9.53. The molecule has 146 valence electrons. The van der Waals surface area contributed by atoms with Crippen molar-refractivity contribution in [2.45, 2.75) is 39.3 Å². The Kier molecular flexibility index (Phi) is 7.10. The zero-order valence-corrected chi connectivity index (χ0v) is 17.8. The predicted octanol–water partition coefficient (Wildman–Crippen LogP) is 3.92. The molecular formula is C20H28ClN5S. The van der Waals surface area contributed by atoms with Crippen LogP contribution in [-0.4, -0.2) is 42.5 Å². The summed E-state index contributed by atoms with van der Waals surface area (Å²) in [4.78, 5) is 12.7. The number of thiazole rings is 1. The fraction of sp³-hybridized carbons (Fsp3) is 0.500. The minimum Gasteiger partial charge on any atom is -0.354 e. The molecule has 1 unspecified atom stereocenters. The summed E-state index contributed by atoms with van der Waals surface area (Å²) < 4.78 is 0. The van der Waals surface area contributed by atoms with Crippen molar-refractivity contribution in [1.82, 2.24) is 20.5 Å². The number of likely N-dealkylation sites (tertiary alicyclic amines) is 1. The van der Waals surface area contributed by atoms with Gasteiger partial charge in [0.1, 0.15) is 5.01 Å². The van der Waals surface area contributed by atoms with E-state index < -0.39 is 0 Å². The van der Waals surface area contributed by atoms with Crippen LogP contribution in [0, 0.1) is 13.8 Å². The highest BCUT2D eigenvalue weighted by Crippen LogP contribution is 2.26. The van der Waals surface area contributed by atoms with Gasteiger partial charge in [-0.05, 0) is 57.5 Å². The molecule has 0 spiro atoms. The van der Waals surface area contributed by atoms with E-state index in [4.69, 9.17) is 11.6 Å². The van der Waals surface area contributed by atoms with Gasteiger partial charge in [0, 0.05) is 23.5 Å². The van der Waals surface area contributed by atoms with E-state index in [1.807, 2.05) is 19.1 Å². The first-order valence-corrected chi connectivity index (χ1v) is 10.6. The third-order valence-corrected chi connectivity index (χ3v) is 6.29. The number of aliphatic imine (C=N–C) groups is 1. The monoisotopic (exact) mass is 405 g/mol. The van der Waals surface area contributed by atoms with Gasteiger partial charge in [-0.1, -0.05) is 23.7 Å². The predicted molar refractivity (Wildman–Crippen MR) is 115 cm³/mol. The van der Waals surface area contributed by atoms with Crippen LogP contribution in [0.4, 0.5) is 0 Å². The number of guanidine groups is 1. The van der Waals surface area contributed by atoms with Gasteiger partial charge < -0.3 is 10.6 Å². The Morgan fingerprint density at radius 2 is 2.07 bits per heavy atom. The zero-order valence-electron chi connectivity index (χ0n) is 16.3. The van der Waals surface area contributed by atoms with Gasteiger partial charge in [-0.15, -0.1) is 11.3 Å². The molecule has 1 atom stereocenters. The fourth-order valence-electron chi connectivity index (χ4n) is 3.41. The number of benzene rings is 1. The van der Waals surface area contributed by atoms with Crippen molar-refractivity contribution in [3.8, 4) is 0 Å². The maximum atomic E-state index is 6.24. The Morgan fingerprint density at radius 3 is 2.70 bits per heavy atom. The smallest absolute Gasteiger partial charge is 0.191 e. The van der Waals surface area contributed by atoms with Crippen LogP contribution in [0.3, 0.4) is 0 Å². The van der Waals surface area contributed by atoms with E-state index in [0.29, 0.717) is 6.54 Å². The maximum absolute atomic E-state index is 6.24. The normalized spacial score (nSPS) is 16.5. The van der Waals surface area contributed by atoms with Crippen molar-refractivity contribution < 1.29 is 0 Å². The molecule has 0 amide bonds. The Labute approximate surface area is 170 Å². The number of rotatable bonds is 6. The van der Waals surface area contributed by atoms with E-state index in [0.717, 1.165) is 41.3 Å². The summed E-state index contributed by atoms with van der Waals surface area (Å²) in [5.74, 6) is 0.798. The zero-order chi connectivity index (χ0) is 19.2. The number of hydrogen-bond donors (Lipinski definition) is 2. The topological polar surface area (TPSA) is 52.6 Å². The van der Waals surface area contributed by atoms with Crippen LogP contribution in [0.5, 0.6) is 0 Å². The van der Waals surface area contributed by atoms with Crippen LogP contribution < -0.4 is 10.6 Å². The minimum atomic E-state index is 0.286. The standard InChI is InChI=1S/C20H28ClN5S/c1-14-15(2)27-19(25-14)13-24-20(22-3)23-12-18(26-9-4-5-10-26)16-7-6-8-17(21)11-16/h6-8,11,18H,4-5,9-10,12-13H2,1-3H3,(H2,22,23,24). The summed E-state index contributed by atoms with van der Waals surface area (Å²) in [6, 6.07) is 8.48. The van der Waals surface area contributed by atoms with Crippen LogP contribution in [0.15, 0.2) is 29.3 Å². The quantitative estimate of drug-likeness (QED) is 0.565. The lowest BCUT2D eigenvalue weighted by molar-refractivity contribution is 0.245. The molecule has 1 saturated heterocycles. The number of hydrogen-bond acceptors (Lipinski definition) is 4. The third-order valence-electron chi connectivity index (χ3n) is 4.98. The van der Waals surface area contributed by atoms with Crippen LogP contribution >= 0.6 is 22.9 Å². The van der Waals surface area contributed by atoms with Gasteiger partial charge >= 0.3 is 0 Å². The molecule has 1 fully saturated rings. The van der Waals surface area contributed by atoms with Crippen molar-refractivity contribution in [1.29, 1.82) is 0 Å². The first-order chi connectivity index (χ1) is 13.1. The summed E-state index contributed by atoms with van der Waals surface area (Å²) in [7, 11) is 1.80. The Morgan fingerprint density at radius 1 is 1.30 bits per heavy atom. The molecular weight excluding hydrogens is 378 g/mol. The summed E-state index contributed by atoms with van der Waals surface area (Å²) in [6.45, 7) is 7.88. The van der Waals surface area contributed by atoms with Crippen molar-refractivity contribution in [2.75, 3.05) is 26.7 Å². The molecule has 0 bridgehead atoms. The molecule has 27 heavy (non-hydrogen) atoms. The molecule has 0 saturated carbocycles. The molecule has 0 aliphatic carbocycles. The molecule has 2 heterocycles. The number of nitrogens with zero attached hydrogens (tertiary/aromatic N) is 3. The van der Waals surface area contributed by atoms with E-state index in [-0.39, 0.29) is 6.04 Å².